The van der Waals surface area contributed by atoms with E-state index < -0.39 is 27.1 Å². The fourth-order valence-electron chi connectivity index (χ4n) is 2.76. The van der Waals surface area contributed by atoms with Gasteiger partial charge in [-0.2, -0.15) is 13.2 Å². The summed E-state index contributed by atoms with van der Waals surface area (Å²) in [7, 11) is -3.55. The molecule has 2 aromatic carbocycles. The Morgan fingerprint density at radius 2 is 1.86 bits per heavy atom. The highest BCUT2D eigenvalue weighted by molar-refractivity contribution is 9.10. The number of nitrogens with zero attached hydrogens (tertiary/aromatic N) is 2. The fraction of sp³-hybridized carbons (Fsp3) is 0.222. The van der Waals surface area contributed by atoms with Crippen molar-refractivity contribution in [1.29, 1.82) is 0 Å². The standard InChI is InChI=1S/C18H14BrF3N2O3S/c1-2-28(26,27)16-6-4-13(19)7-11(16)9-24-10-23-15-5-3-12(18(20,21)22)8-14(15)17(24)25/h3-8,10H,2,9H2,1H3. The van der Waals surface area contributed by atoms with Gasteiger partial charge >= 0.3 is 6.18 Å². The number of benzene rings is 2. The predicted octanol–water partition coefficient (Wildman–Crippen LogP) is 4.02. The third-order valence-electron chi connectivity index (χ3n) is 4.23. The van der Waals surface area contributed by atoms with Crippen LogP contribution >= 0.6 is 15.9 Å². The second-order valence-corrected chi connectivity index (χ2v) is 9.23. The van der Waals surface area contributed by atoms with E-state index in [0.717, 1.165) is 22.8 Å². The quantitative estimate of drug-likeness (QED) is 0.572. The zero-order valence-corrected chi connectivity index (χ0v) is 16.9. The van der Waals surface area contributed by atoms with Gasteiger partial charge in [-0.05, 0) is 42.0 Å². The second-order valence-electron chi connectivity index (χ2n) is 6.06. The molecule has 0 unspecified atom stereocenters. The number of alkyl halides is 3. The molecule has 0 bridgehead atoms. The van der Waals surface area contributed by atoms with Crippen molar-refractivity contribution in [3.05, 3.63) is 68.7 Å². The molecule has 0 radical (unpaired) electrons. The molecule has 5 nitrogen and oxygen atoms in total. The molecule has 0 N–H and O–H groups in total. The number of sulfone groups is 1. The molecule has 0 amide bonds. The molecule has 0 saturated heterocycles. The Kier molecular flexibility index (Phi) is 5.37. The number of aromatic nitrogens is 2. The van der Waals surface area contributed by atoms with Crippen LogP contribution in [0, 0.1) is 0 Å². The molecular formula is C18H14BrF3N2O3S. The van der Waals surface area contributed by atoms with Crippen LogP contribution in [0.3, 0.4) is 0 Å². The lowest BCUT2D eigenvalue weighted by Gasteiger charge is -2.13. The van der Waals surface area contributed by atoms with Gasteiger partial charge in [-0.15, -0.1) is 0 Å². The summed E-state index contributed by atoms with van der Waals surface area (Å²) >= 11 is 3.27. The Balaban J connectivity index is 2.15. The molecular weight excluding hydrogens is 461 g/mol. The molecule has 3 aromatic rings. The average molecular weight is 475 g/mol. The molecule has 0 fully saturated rings. The number of hydrogen-bond acceptors (Lipinski definition) is 4. The van der Waals surface area contributed by atoms with Crippen LogP contribution in [-0.4, -0.2) is 23.7 Å². The maximum atomic E-state index is 13.0. The first kappa shape index (κ1) is 20.5. The Morgan fingerprint density at radius 3 is 2.50 bits per heavy atom. The van der Waals surface area contributed by atoms with Crippen molar-refractivity contribution in [2.75, 3.05) is 5.75 Å². The summed E-state index contributed by atoms with van der Waals surface area (Å²) in [5, 5.41) is -0.188. The van der Waals surface area contributed by atoms with E-state index in [1.165, 1.54) is 19.3 Å². The van der Waals surface area contributed by atoms with Crippen LogP contribution in [0.4, 0.5) is 13.2 Å². The van der Waals surface area contributed by atoms with E-state index in [2.05, 4.69) is 20.9 Å². The molecule has 1 aromatic heterocycles. The van der Waals surface area contributed by atoms with Crippen molar-refractivity contribution < 1.29 is 21.6 Å². The maximum absolute atomic E-state index is 13.0. The van der Waals surface area contributed by atoms with Crippen LogP contribution in [0.2, 0.25) is 0 Å². The molecule has 28 heavy (non-hydrogen) atoms. The van der Waals surface area contributed by atoms with E-state index in [0.29, 0.717) is 10.0 Å². The lowest BCUT2D eigenvalue weighted by atomic mass is 10.1. The Bertz CT molecular complexity index is 1220. The van der Waals surface area contributed by atoms with E-state index >= 15 is 0 Å². The normalized spacial score (nSPS) is 12.5. The molecule has 148 valence electrons. The van der Waals surface area contributed by atoms with Crippen LogP contribution in [0.5, 0.6) is 0 Å². The van der Waals surface area contributed by atoms with Crippen molar-refractivity contribution in [2.45, 2.75) is 24.5 Å². The van der Waals surface area contributed by atoms with Crippen molar-refractivity contribution in [2.24, 2.45) is 0 Å². The van der Waals surface area contributed by atoms with Crippen LogP contribution in [0.25, 0.3) is 10.9 Å². The Hall–Kier alpha value is -2.20. The first-order valence-corrected chi connectivity index (χ1v) is 10.5. The average Bonchev–Trinajstić information content (AvgIpc) is 2.63. The second kappa shape index (κ2) is 7.32. The van der Waals surface area contributed by atoms with Gasteiger partial charge in [0.05, 0.1) is 40.0 Å². The number of halogens is 4. The molecule has 0 aliphatic rings. The van der Waals surface area contributed by atoms with E-state index in [-0.39, 0.29) is 28.1 Å². The SMILES string of the molecule is CCS(=O)(=O)c1ccc(Br)cc1Cn1cnc2ccc(C(F)(F)F)cc2c1=O. The third-order valence-corrected chi connectivity index (χ3v) is 6.55. The van der Waals surface area contributed by atoms with Gasteiger partial charge in [-0.3, -0.25) is 9.36 Å². The van der Waals surface area contributed by atoms with Gasteiger partial charge < -0.3 is 0 Å². The van der Waals surface area contributed by atoms with Crippen LogP contribution in [-0.2, 0) is 22.6 Å². The first-order valence-electron chi connectivity index (χ1n) is 8.10. The van der Waals surface area contributed by atoms with Gasteiger partial charge in [0.1, 0.15) is 0 Å². The summed E-state index contributed by atoms with van der Waals surface area (Å²) in [6, 6.07) is 7.31. The summed E-state index contributed by atoms with van der Waals surface area (Å²) in [6.45, 7) is 1.36. The molecule has 3 rings (SSSR count). The Labute approximate surface area is 166 Å². The topological polar surface area (TPSA) is 69.0 Å². The highest BCUT2D eigenvalue weighted by Crippen LogP contribution is 2.30. The van der Waals surface area contributed by atoms with Crippen molar-refractivity contribution in [1.82, 2.24) is 9.55 Å². The van der Waals surface area contributed by atoms with Gasteiger partial charge in [0.25, 0.3) is 5.56 Å². The van der Waals surface area contributed by atoms with E-state index in [1.54, 1.807) is 12.1 Å². The summed E-state index contributed by atoms with van der Waals surface area (Å²) < 4.78 is 65.3. The maximum Gasteiger partial charge on any atom is 0.416 e. The molecule has 0 aliphatic heterocycles. The number of rotatable bonds is 4. The number of fused-ring (bicyclic) bond motifs is 1. The number of hydrogen-bond donors (Lipinski definition) is 0. The van der Waals surface area contributed by atoms with Crippen molar-refractivity contribution >= 4 is 36.7 Å². The van der Waals surface area contributed by atoms with Gasteiger partial charge in [-0.25, -0.2) is 13.4 Å². The van der Waals surface area contributed by atoms with E-state index in [4.69, 9.17) is 0 Å². The zero-order chi connectivity index (χ0) is 20.7. The van der Waals surface area contributed by atoms with Crippen LogP contribution in [0.1, 0.15) is 18.1 Å². The van der Waals surface area contributed by atoms with Crippen LogP contribution < -0.4 is 5.56 Å². The first-order chi connectivity index (χ1) is 13.0. The van der Waals surface area contributed by atoms with E-state index in [9.17, 15) is 26.4 Å². The largest absolute Gasteiger partial charge is 0.416 e. The zero-order valence-electron chi connectivity index (χ0n) is 14.5. The lowest BCUT2D eigenvalue weighted by molar-refractivity contribution is -0.137. The van der Waals surface area contributed by atoms with Crippen molar-refractivity contribution in [3.63, 3.8) is 0 Å². The monoisotopic (exact) mass is 474 g/mol. The summed E-state index contributed by atoms with van der Waals surface area (Å²) in [5.41, 5.74) is -1.17. The van der Waals surface area contributed by atoms with Gasteiger partial charge in [0.15, 0.2) is 9.84 Å². The molecule has 1 heterocycles. The minimum absolute atomic E-state index is 0.0641. The molecule has 10 heteroatoms. The summed E-state index contributed by atoms with van der Waals surface area (Å²) in [5.74, 6) is -0.124. The summed E-state index contributed by atoms with van der Waals surface area (Å²) in [6.07, 6.45) is -3.39. The minimum atomic E-state index is -4.59. The van der Waals surface area contributed by atoms with Crippen molar-refractivity contribution in [3.8, 4) is 0 Å². The smallest absolute Gasteiger partial charge is 0.294 e. The summed E-state index contributed by atoms with van der Waals surface area (Å²) in [4.78, 5) is 16.8. The molecule has 0 spiro atoms. The minimum Gasteiger partial charge on any atom is -0.294 e. The molecule has 0 saturated carbocycles. The van der Waals surface area contributed by atoms with Crippen LogP contribution in [0.15, 0.2) is 56.9 Å². The fourth-order valence-corrected chi connectivity index (χ4v) is 4.28. The lowest BCUT2D eigenvalue weighted by Crippen LogP contribution is -2.23. The predicted molar refractivity (Wildman–Crippen MR) is 102 cm³/mol. The van der Waals surface area contributed by atoms with Gasteiger partial charge in [0, 0.05) is 4.47 Å². The highest BCUT2D eigenvalue weighted by atomic mass is 79.9. The Morgan fingerprint density at radius 1 is 1.14 bits per heavy atom. The molecule has 0 aliphatic carbocycles. The third kappa shape index (κ3) is 3.97. The van der Waals surface area contributed by atoms with E-state index in [1.807, 2.05) is 0 Å². The highest BCUT2D eigenvalue weighted by Gasteiger charge is 2.31. The van der Waals surface area contributed by atoms with Gasteiger partial charge in [-0.1, -0.05) is 22.9 Å². The molecule has 0 atom stereocenters. The van der Waals surface area contributed by atoms with Gasteiger partial charge in [0.2, 0.25) is 0 Å².